The standard InChI is InChI=1S/C22H23FN2O3/c1-2-18(27-19-9-5-3-7-16(19)23)22(26)25-13-11-15(12-14-25)21-24-17-8-4-6-10-20(17)28-21/h3-10,15,18H,2,11-14H2,1H3/t18-/m0/s1. The van der Waals surface area contributed by atoms with Crippen LogP contribution in [0.5, 0.6) is 5.75 Å². The Balaban J connectivity index is 1.39. The molecule has 1 amide bonds. The fourth-order valence-electron chi connectivity index (χ4n) is 3.62. The molecule has 0 bridgehead atoms. The molecule has 1 atom stereocenters. The fourth-order valence-corrected chi connectivity index (χ4v) is 3.62. The van der Waals surface area contributed by atoms with Gasteiger partial charge in [-0.05, 0) is 43.5 Å². The van der Waals surface area contributed by atoms with Crippen LogP contribution in [0.4, 0.5) is 4.39 Å². The molecule has 1 aliphatic heterocycles. The van der Waals surface area contributed by atoms with Gasteiger partial charge in [0.05, 0.1) is 0 Å². The monoisotopic (exact) mass is 382 g/mol. The first-order valence-electron chi connectivity index (χ1n) is 9.71. The lowest BCUT2D eigenvalue weighted by atomic mass is 9.96. The molecule has 5 nitrogen and oxygen atoms in total. The zero-order valence-electron chi connectivity index (χ0n) is 15.8. The molecule has 0 unspecified atom stereocenters. The number of carbonyl (C=O) groups excluding carboxylic acids is 1. The molecular weight excluding hydrogens is 359 g/mol. The lowest BCUT2D eigenvalue weighted by Gasteiger charge is -2.33. The predicted molar refractivity (Wildman–Crippen MR) is 104 cm³/mol. The summed E-state index contributed by atoms with van der Waals surface area (Å²) in [7, 11) is 0. The molecule has 2 heterocycles. The minimum Gasteiger partial charge on any atom is -0.478 e. The SMILES string of the molecule is CC[C@H](Oc1ccccc1F)C(=O)N1CCC(c2nc3ccccc3o2)CC1. The van der Waals surface area contributed by atoms with E-state index in [1.54, 1.807) is 23.1 Å². The van der Waals surface area contributed by atoms with Gasteiger partial charge < -0.3 is 14.1 Å². The summed E-state index contributed by atoms with van der Waals surface area (Å²) in [4.78, 5) is 19.3. The third-order valence-corrected chi connectivity index (χ3v) is 5.22. The number of halogens is 1. The van der Waals surface area contributed by atoms with E-state index in [1.807, 2.05) is 31.2 Å². The third-order valence-electron chi connectivity index (χ3n) is 5.22. The lowest BCUT2D eigenvalue weighted by Crippen LogP contribution is -2.45. The van der Waals surface area contributed by atoms with E-state index in [4.69, 9.17) is 9.15 Å². The van der Waals surface area contributed by atoms with Crippen molar-refractivity contribution in [2.75, 3.05) is 13.1 Å². The van der Waals surface area contributed by atoms with Crippen LogP contribution < -0.4 is 4.74 Å². The number of hydrogen-bond donors (Lipinski definition) is 0. The van der Waals surface area contributed by atoms with E-state index >= 15 is 0 Å². The molecule has 1 saturated heterocycles. The summed E-state index contributed by atoms with van der Waals surface area (Å²) in [6.45, 7) is 3.09. The van der Waals surface area contributed by atoms with E-state index in [1.165, 1.54) is 6.07 Å². The van der Waals surface area contributed by atoms with Crippen LogP contribution in [0.15, 0.2) is 52.9 Å². The van der Waals surface area contributed by atoms with Crippen LogP contribution >= 0.6 is 0 Å². The van der Waals surface area contributed by atoms with E-state index < -0.39 is 11.9 Å². The summed E-state index contributed by atoms with van der Waals surface area (Å²) in [6.07, 6.45) is 1.37. The first-order chi connectivity index (χ1) is 13.7. The maximum Gasteiger partial charge on any atom is 0.263 e. The van der Waals surface area contributed by atoms with Gasteiger partial charge in [-0.3, -0.25) is 4.79 Å². The molecule has 1 aromatic heterocycles. The molecule has 146 valence electrons. The van der Waals surface area contributed by atoms with Crippen LogP contribution in [0.2, 0.25) is 0 Å². The van der Waals surface area contributed by atoms with Gasteiger partial charge in [0.25, 0.3) is 5.91 Å². The van der Waals surface area contributed by atoms with Crippen LogP contribution in [0.25, 0.3) is 11.1 Å². The number of carbonyl (C=O) groups is 1. The van der Waals surface area contributed by atoms with E-state index in [2.05, 4.69) is 4.98 Å². The number of benzene rings is 2. The number of rotatable bonds is 5. The summed E-state index contributed by atoms with van der Waals surface area (Å²) in [6, 6.07) is 13.9. The van der Waals surface area contributed by atoms with E-state index in [-0.39, 0.29) is 17.6 Å². The maximum absolute atomic E-state index is 13.9. The number of oxazole rings is 1. The molecular formula is C22H23FN2O3. The summed E-state index contributed by atoms with van der Waals surface area (Å²) >= 11 is 0. The summed E-state index contributed by atoms with van der Waals surface area (Å²) in [5.41, 5.74) is 1.65. The van der Waals surface area contributed by atoms with Gasteiger partial charge in [-0.15, -0.1) is 0 Å². The van der Waals surface area contributed by atoms with Crippen molar-refractivity contribution in [3.05, 3.63) is 60.2 Å². The summed E-state index contributed by atoms with van der Waals surface area (Å²) in [5.74, 6) is 0.501. The van der Waals surface area contributed by atoms with E-state index in [9.17, 15) is 9.18 Å². The second-order valence-electron chi connectivity index (χ2n) is 7.06. The molecule has 0 saturated carbocycles. The Labute approximate surface area is 163 Å². The zero-order chi connectivity index (χ0) is 19.5. The molecule has 0 radical (unpaired) electrons. The Morgan fingerprint density at radius 2 is 1.93 bits per heavy atom. The molecule has 6 heteroatoms. The largest absolute Gasteiger partial charge is 0.478 e. The molecule has 4 rings (SSSR count). The van der Waals surface area contributed by atoms with Crippen molar-refractivity contribution in [2.24, 2.45) is 0 Å². The molecule has 0 aliphatic carbocycles. The van der Waals surface area contributed by atoms with Crippen molar-refractivity contribution in [3.8, 4) is 5.75 Å². The van der Waals surface area contributed by atoms with Crippen LogP contribution in [0.3, 0.4) is 0 Å². The van der Waals surface area contributed by atoms with Crippen LogP contribution in [0, 0.1) is 5.82 Å². The number of aromatic nitrogens is 1. The highest BCUT2D eigenvalue weighted by Crippen LogP contribution is 2.30. The second-order valence-corrected chi connectivity index (χ2v) is 7.06. The molecule has 0 spiro atoms. The Morgan fingerprint density at radius 1 is 1.21 bits per heavy atom. The normalized spacial score (nSPS) is 16.3. The first kappa shape index (κ1) is 18.5. The fraction of sp³-hybridized carbons (Fsp3) is 0.364. The minimum atomic E-state index is -0.683. The predicted octanol–water partition coefficient (Wildman–Crippen LogP) is 4.53. The lowest BCUT2D eigenvalue weighted by molar-refractivity contribution is -0.140. The van der Waals surface area contributed by atoms with Gasteiger partial charge in [0, 0.05) is 19.0 Å². The number of likely N-dealkylation sites (tertiary alicyclic amines) is 1. The zero-order valence-corrected chi connectivity index (χ0v) is 15.8. The quantitative estimate of drug-likeness (QED) is 0.651. The Bertz CT molecular complexity index is 930. The minimum absolute atomic E-state index is 0.0956. The number of para-hydroxylation sites is 3. The topological polar surface area (TPSA) is 55.6 Å². The van der Waals surface area contributed by atoms with E-state index in [0.717, 1.165) is 29.8 Å². The Morgan fingerprint density at radius 3 is 2.64 bits per heavy atom. The highest BCUT2D eigenvalue weighted by molar-refractivity contribution is 5.81. The number of ether oxygens (including phenoxy) is 1. The van der Waals surface area contributed by atoms with Crippen molar-refractivity contribution in [1.82, 2.24) is 9.88 Å². The first-order valence-corrected chi connectivity index (χ1v) is 9.71. The smallest absolute Gasteiger partial charge is 0.263 e. The van der Waals surface area contributed by atoms with Crippen molar-refractivity contribution in [2.45, 2.75) is 38.2 Å². The van der Waals surface area contributed by atoms with Crippen LogP contribution in [0.1, 0.15) is 38.0 Å². The number of amides is 1. The van der Waals surface area contributed by atoms with Gasteiger partial charge >= 0.3 is 0 Å². The number of nitrogens with zero attached hydrogens (tertiary/aromatic N) is 2. The Kier molecular flexibility index (Phi) is 5.28. The Hall–Kier alpha value is -2.89. The molecule has 28 heavy (non-hydrogen) atoms. The summed E-state index contributed by atoms with van der Waals surface area (Å²) in [5, 5.41) is 0. The molecule has 3 aromatic rings. The van der Waals surface area contributed by atoms with Crippen LogP contribution in [-0.4, -0.2) is 35.0 Å². The number of piperidine rings is 1. The molecule has 0 N–H and O–H groups in total. The summed E-state index contributed by atoms with van der Waals surface area (Å²) < 4.78 is 25.4. The van der Waals surface area contributed by atoms with Gasteiger partial charge in [0.15, 0.2) is 29.1 Å². The maximum atomic E-state index is 13.9. The van der Waals surface area contributed by atoms with Gasteiger partial charge in [-0.1, -0.05) is 31.2 Å². The molecule has 2 aromatic carbocycles. The number of fused-ring (bicyclic) bond motifs is 1. The molecule has 1 fully saturated rings. The highest BCUT2D eigenvalue weighted by Gasteiger charge is 2.31. The highest BCUT2D eigenvalue weighted by atomic mass is 19.1. The average Bonchev–Trinajstić information content (AvgIpc) is 3.17. The van der Waals surface area contributed by atoms with Crippen molar-refractivity contribution >= 4 is 17.0 Å². The van der Waals surface area contributed by atoms with E-state index in [0.29, 0.717) is 19.5 Å². The average molecular weight is 382 g/mol. The van der Waals surface area contributed by atoms with Gasteiger partial charge in [0.2, 0.25) is 0 Å². The van der Waals surface area contributed by atoms with Crippen LogP contribution in [-0.2, 0) is 4.79 Å². The van der Waals surface area contributed by atoms with Crippen molar-refractivity contribution < 1.29 is 18.3 Å². The number of hydrogen-bond acceptors (Lipinski definition) is 4. The van der Waals surface area contributed by atoms with Gasteiger partial charge in [-0.25, -0.2) is 9.37 Å². The second kappa shape index (κ2) is 8.00. The van der Waals surface area contributed by atoms with Crippen molar-refractivity contribution in [3.63, 3.8) is 0 Å². The van der Waals surface area contributed by atoms with Gasteiger partial charge in [-0.2, -0.15) is 0 Å². The van der Waals surface area contributed by atoms with Gasteiger partial charge in [0.1, 0.15) is 5.52 Å². The molecule has 1 aliphatic rings. The third kappa shape index (κ3) is 3.72. The van der Waals surface area contributed by atoms with Crippen molar-refractivity contribution in [1.29, 1.82) is 0 Å².